The van der Waals surface area contributed by atoms with Crippen molar-refractivity contribution in [2.75, 3.05) is 17.7 Å². The van der Waals surface area contributed by atoms with Crippen molar-refractivity contribution in [2.24, 2.45) is 17.4 Å². The van der Waals surface area contributed by atoms with Crippen LogP contribution in [0, 0.1) is 11.7 Å². The summed E-state index contributed by atoms with van der Waals surface area (Å²) in [5.74, 6) is -0.313. The molecule has 1 aliphatic rings. The van der Waals surface area contributed by atoms with Crippen LogP contribution in [-0.4, -0.2) is 30.1 Å². The van der Waals surface area contributed by atoms with Crippen LogP contribution in [0.2, 0.25) is 0 Å². The number of pyridine rings is 1. The topological polar surface area (TPSA) is 115 Å². The van der Waals surface area contributed by atoms with Crippen LogP contribution >= 0.6 is 0 Å². The number of carbonyl (C=O) groups is 1. The number of halogens is 1. The molecule has 0 unspecified atom stereocenters. The van der Waals surface area contributed by atoms with Gasteiger partial charge in [0.05, 0.1) is 18.4 Å². The van der Waals surface area contributed by atoms with E-state index in [4.69, 9.17) is 16.2 Å². The summed E-state index contributed by atoms with van der Waals surface area (Å²) in [5.41, 5.74) is 12.5. The van der Waals surface area contributed by atoms with E-state index < -0.39 is 11.7 Å². The van der Waals surface area contributed by atoms with Crippen molar-refractivity contribution in [3.8, 4) is 5.75 Å². The lowest BCUT2D eigenvalue weighted by atomic mass is 10.0. The Balaban J connectivity index is 1.93. The predicted molar refractivity (Wildman–Crippen MR) is 103 cm³/mol. The van der Waals surface area contributed by atoms with E-state index in [1.165, 1.54) is 19.4 Å². The molecule has 0 spiro atoms. The van der Waals surface area contributed by atoms with Gasteiger partial charge in [0.15, 0.2) is 11.6 Å². The molecule has 1 aromatic heterocycles. The molecule has 0 radical (unpaired) electrons. The molecule has 3 rings (SSSR count). The van der Waals surface area contributed by atoms with E-state index in [0.29, 0.717) is 11.6 Å². The third kappa shape index (κ3) is 4.28. The van der Waals surface area contributed by atoms with Gasteiger partial charge < -0.3 is 26.8 Å². The number of aromatic nitrogens is 1. The predicted octanol–water partition coefficient (Wildman–Crippen LogP) is 2.61. The first-order valence-corrected chi connectivity index (χ1v) is 8.82. The number of nitrogens with one attached hydrogen (secondary N) is 2. The van der Waals surface area contributed by atoms with Crippen LogP contribution in [0.25, 0.3) is 0 Å². The molecule has 144 valence electrons. The smallest absolute Gasteiger partial charge is 0.252 e. The van der Waals surface area contributed by atoms with Crippen LogP contribution in [-0.2, 0) is 0 Å². The zero-order valence-electron chi connectivity index (χ0n) is 15.3. The van der Waals surface area contributed by atoms with Gasteiger partial charge in [-0.1, -0.05) is 0 Å². The average Bonchev–Trinajstić information content (AvgIpc) is 3.46. The highest BCUT2D eigenvalue weighted by atomic mass is 19.1. The Labute approximate surface area is 157 Å². The van der Waals surface area contributed by atoms with Crippen molar-refractivity contribution < 1.29 is 13.9 Å². The number of primary amides is 1. The summed E-state index contributed by atoms with van der Waals surface area (Å²) in [4.78, 5) is 15.7. The lowest BCUT2D eigenvalue weighted by molar-refractivity contribution is 0.100. The zero-order valence-corrected chi connectivity index (χ0v) is 15.3. The van der Waals surface area contributed by atoms with Gasteiger partial charge in [0.1, 0.15) is 5.82 Å². The Kier molecular flexibility index (Phi) is 5.46. The summed E-state index contributed by atoms with van der Waals surface area (Å²) in [7, 11) is 1.39. The Morgan fingerprint density at radius 1 is 1.41 bits per heavy atom. The van der Waals surface area contributed by atoms with Crippen molar-refractivity contribution in [3.05, 3.63) is 41.8 Å². The molecular weight excluding hydrogens is 349 g/mol. The number of carbonyl (C=O) groups excluding carboxylic acids is 1. The molecule has 1 heterocycles. The summed E-state index contributed by atoms with van der Waals surface area (Å²) in [6.45, 7) is 1.90. The van der Waals surface area contributed by atoms with Gasteiger partial charge in [-0.25, -0.2) is 9.37 Å². The monoisotopic (exact) mass is 373 g/mol. The number of amides is 1. The van der Waals surface area contributed by atoms with Crippen molar-refractivity contribution >= 4 is 23.1 Å². The maximum Gasteiger partial charge on any atom is 0.252 e. The van der Waals surface area contributed by atoms with E-state index in [2.05, 4.69) is 15.6 Å². The average molecular weight is 373 g/mol. The van der Waals surface area contributed by atoms with Crippen molar-refractivity contribution in [3.63, 3.8) is 0 Å². The van der Waals surface area contributed by atoms with Crippen LogP contribution < -0.4 is 26.8 Å². The quantitative estimate of drug-likeness (QED) is 0.565. The lowest BCUT2D eigenvalue weighted by Gasteiger charge is -2.24. The molecule has 2 atom stereocenters. The van der Waals surface area contributed by atoms with E-state index in [-0.39, 0.29) is 34.9 Å². The SMILES string of the molecule is COc1cc(Nc2ncccc2C(N)=O)cc(N[C@H](C2CC2)[C@H](C)N)c1F. The Morgan fingerprint density at radius 2 is 2.15 bits per heavy atom. The molecule has 27 heavy (non-hydrogen) atoms. The number of hydrogen-bond donors (Lipinski definition) is 4. The molecule has 7 nitrogen and oxygen atoms in total. The largest absolute Gasteiger partial charge is 0.494 e. The zero-order chi connectivity index (χ0) is 19.6. The number of benzene rings is 1. The summed E-state index contributed by atoms with van der Waals surface area (Å²) in [6.07, 6.45) is 3.69. The second-order valence-corrected chi connectivity index (χ2v) is 6.80. The van der Waals surface area contributed by atoms with Crippen LogP contribution in [0.3, 0.4) is 0 Å². The first-order valence-electron chi connectivity index (χ1n) is 8.82. The van der Waals surface area contributed by atoms with Gasteiger partial charge >= 0.3 is 0 Å². The van der Waals surface area contributed by atoms with Crippen LogP contribution in [0.4, 0.5) is 21.6 Å². The first kappa shape index (κ1) is 18.9. The highest BCUT2D eigenvalue weighted by Gasteiger charge is 2.34. The van der Waals surface area contributed by atoms with Crippen LogP contribution in [0.1, 0.15) is 30.1 Å². The minimum absolute atomic E-state index is 0.0320. The van der Waals surface area contributed by atoms with Gasteiger partial charge in [-0.05, 0) is 43.9 Å². The van der Waals surface area contributed by atoms with Gasteiger partial charge in [0.25, 0.3) is 5.91 Å². The van der Waals surface area contributed by atoms with E-state index in [9.17, 15) is 9.18 Å². The van der Waals surface area contributed by atoms with E-state index in [1.807, 2.05) is 6.92 Å². The summed E-state index contributed by atoms with van der Waals surface area (Å²) < 4.78 is 19.9. The van der Waals surface area contributed by atoms with Crippen LogP contribution in [0.5, 0.6) is 5.75 Å². The third-order valence-corrected chi connectivity index (χ3v) is 4.61. The van der Waals surface area contributed by atoms with Gasteiger partial charge in [0.2, 0.25) is 0 Å². The Bertz CT molecular complexity index is 837. The van der Waals surface area contributed by atoms with Gasteiger partial charge in [-0.15, -0.1) is 0 Å². The fourth-order valence-electron chi connectivity index (χ4n) is 3.08. The van der Waals surface area contributed by atoms with Gasteiger partial charge in [0, 0.05) is 30.0 Å². The number of ether oxygens (including phenoxy) is 1. The number of methoxy groups -OCH3 is 1. The molecule has 6 N–H and O–H groups in total. The lowest BCUT2D eigenvalue weighted by Crippen LogP contribution is -2.39. The fourth-order valence-corrected chi connectivity index (χ4v) is 3.08. The molecule has 0 bridgehead atoms. The highest BCUT2D eigenvalue weighted by Crippen LogP contribution is 2.38. The standard InChI is InChI=1S/C19H24FN5O2/c1-10(21)17(11-5-6-11)25-14-8-12(9-15(27-2)16(14)20)24-19-13(18(22)26)4-3-7-23-19/h3-4,7-11,17,25H,5-6,21H2,1-2H3,(H2,22,26)(H,23,24)/t10-,17-/m0/s1. The highest BCUT2D eigenvalue weighted by molar-refractivity contribution is 5.98. The minimum atomic E-state index is -0.608. The molecule has 8 heteroatoms. The molecule has 1 aliphatic carbocycles. The van der Waals surface area contributed by atoms with Crippen molar-refractivity contribution in [1.29, 1.82) is 0 Å². The molecule has 1 saturated carbocycles. The summed E-state index contributed by atoms with van der Waals surface area (Å²) in [6, 6.07) is 6.13. The van der Waals surface area contributed by atoms with Gasteiger partial charge in [-0.3, -0.25) is 4.79 Å². The molecule has 0 aliphatic heterocycles. The Hall–Kier alpha value is -2.87. The third-order valence-electron chi connectivity index (χ3n) is 4.61. The number of rotatable bonds is 8. The van der Waals surface area contributed by atoms with E-state index >= 15 is 0 Å². The molecule has 1 aromatic carbocycles. The Morgan fingerprint density at radius 3 is 2.74 bits per heavy atom. The molecule has 1 amide bonds. The number of nitrogens with two attached hydrogens (primary N) is 2. The van der Waals surface area contributed by atoms with E-state index in [0.717, 1.165) is 12.8 Å². The summed E-state index contributed by atoms with van der Waals surface area (Å²) in [5, 5.41) is 6.23. The normalized spacial score (nSPS) is 15.7. The van der Waals surface area contributed by atoms with Crippen LogP contribution in [0.15, 0.2) is 30.5 Å². The molecular formula is C19H24FN5O2. The summed E-state index contributed by atoms with van der Waals surface area (Å²) >= 11 is 0. The number of nitrogens with zero attached hydrogens (tertiary/aromatic N) is 1. The molecule has 1 fully saturated rings. The maximum absolute atomic E-state index is 14.8. The fraction of sp³-hybridized carbons (Fsp3) is 0.368. The first-order chi connectivity index (χ1) is 12.9. The minimum Gasteiger partial charge on any atom is -0.494 e. The van der Waals surface area contributed by atoms with Crippen molar-refractivity contribution in [1.82, 2.24) is 4.98 Å². The second-order valence-electron chi connectivity index (χ2n) is 6.80. The van der Waals surface area contributed by atoms with E-state index in [1.54, 1.807) is 18.2 Å². The maximum atomic E-state index is 14.8. The van der Waals surface area contributed by atoms with Crippen molar-refractivity contribution in [2.45, 2.75) is 31.8 Å². The molecule has 2 aromatic rings. The second kappa shape index (κ2) is 7.79. The number of anilines is 3. The molecule has 0 saturated heterocycles. The van der Waals surface area contributed by atoms with Gasteiger partial charge in [-0.2, -0.15) is 0 Å². The number of hydrogen-bond acceptors (Lipinski definition) is 6.